The number of nitroso groups, excluding NO2 is 1. The van der Waals surface area contributed by atoms with Gasteiger partial charge in [0, 0.05) is 4.91 Å². The van der Waals surface area contributed by atoms with Crippen molar-refractivity contribution in [3.05, 3.63) is 25.1 Å². The summed E-state index contributed by atoms with van der Waals surface area (Å²) in [6, 6.07) is 0. The van der Waals surface area contributed by atoms with E-state index in [1.807, 2.05) is 0 Å². The van der Waals surface area contributed by atoms with Crippen LogP contribution in [0.25, 0.3) is 0 Å². The third-order valence-corrected chi connectivity index (χ3v) is 0. The Balaban J connectivity index is -0.0000000202. The second kappa shape index (κ2) is 155. The maximum Gasteiger partial charge on any atom is 1.00 e. The molecule has 0 heterocycles. The molecule has 0 aliphatic carbocycles. The molecule has 48 valence electrons. The first-order chi connectivity index (χ1) is 3.83. The number of hydrogen-bond donors (Lipinski definition) is 1. The zero-order valence-electron chi connectivity index (χ0n) is 4.51. The molecule has 0 aromatic rings. The summed E-state index contributed by atoms with van der Waals surface area (Å²) in [5.41, 5.74) is 3.25. The van der Waals surface area contributed by atoms with Crippen molar-refractivity contribution in [3.63, 3.8) is 0 Å². The minimum atomic E-state index is 0. The molecule has 0 amide bonds. The molecule has 0 rings (SSSR count). The molecule has 0 bridgehead atoms. The molecule has 0 spiro atoms. The summed E-state index contributed by atoms with van der Waals surface area (Å²) >= 11 is 0. The molecule has 0 fully saturated rings. The number of rotatable bonds is 0. The van der Waals surface area contributed by atoms with Gasteiger partial charge in [-0.2, -0.15) is 0 Å². The average molecular weight is 147 g/mol. The monoisotopic (exact) mass is 147 g/mol. The van der Waals surface area contributed by atoms with E-state index in [4.69, 9.17) is 25.1 Å². The van der Waals surface area contributed by atoms with Crippen molar-refractivity contribution < 1.29 is 35.2 Å². The third-order valence-electron chi connectivity index (χ3n) is 0. The van der Waals surface area contributed by atoms with E-state index in [1.54, 1.807) is 0 Å². The third kappa shape index (κ3) is 599. The Labute approximate surface area is 71.2 Å². The molecule has 8 nitrogen and oxygen atoms in total. The van der Waals surface area contributed by atoms with Crippen LogP contribution in [0, 0.1) is 25.1 Å². The van der Waals surface area contributed by atoms with Crippen molar-refractivity contribution in [1.82, 2.24) is 0 Å². The molecule has 0 atom stereocenters. The quantitative estimate of drug-likeness (QED) is 0.210. The normalized spacial score (nSPS) is 3.11. The van der Waals surface area contributed by atoms with Crippen LogP contribution in [0.5, 0.6) is 0 Å². The van der Waals surface area contributed by atoms with Crippen LogP contribution >= 0.6 is 0 Å². The van der Waals surface area contributed by atoms with Gasteiger partial charge in [0.25, 0.3) is 0 Å². The summed E-state index contributed by atoms with van der Waals surface area (Å²) in [6.07, 6.45) is 0. The summed E-state index contributed by atoms with van der Waals surface area (Å²) in [5, 5.41) is 18.0. The van der Waals surface area contributed by atoms with Gasteiger partial charge in [-0.25, -0.2) is 0 Å². The summed E-state index contributed by atoms with van der Waals surface area (Å²) in [7, 11) is 0. The second-order valence-electron chi connectivity index (χ2n) is 0.149. The fraction of sp³-hybridized carbons (Fsp3) is 0. The van der Waals surface area contributed by atoms with Gasteiger partial charge in [0.05, 0.1) is 0 Å². The molecule has 0 saturated carbocycles. The molecule has 9 heavy (non-hydrogen) atoms. The molecular formula is H2N3NaO5. The van der Waals surface area contributed by atoms with Crippen LogP contribution in [0.2, 0.25) is 0 Å². The standard InChI is InChI=1S/2HNO2.H2NO.Na/c2*2-1-3;1-2;/h2*(H,2,3);1H2;/q;;2*+1/p-2. The summed E-state index contributed by atoms with van der Waals surface area (Å²) in [4.78, 5) is 23.8. The largest absolute Gasteiger partial charge is 1.00 e. The van der Waals surface area contributed by atoms with E-state index in [0.717, 1.165) is 10.7 Å². The second-order valence-corrected chi connectivity index (χ2v) is 0.149. The molecule has 0 aliphatic heterocycles. The first-order valence-electron chi connectivity index (χ1n) is 0.966. The van der Waals surface area contributed by atoms with E-state index in [2.05, 4.69) is 5.59 Å². The molecule has 9 heteroatoms. The van der Waals surface area contributed by atoms with Gasteiger partial charge in [0.2, 0.25) is 0 Å². The van der Waals surface area contributed by atoms with Gasteiger partial charge >= 0.3 is 29.6 Å². The first-order valence-corrected chi connectivity index (χ1v) is 0.966. The van der Waals surface area contributed by atoms with E-state index >= 15 is 0 Å². The summed E-state index contributed by atoms with van der Waals surface area (Å²) < 4.78 is 0. The zero-order valence-corrected chi connectivity index (χ0v) is 6.51. The Bertz CT molecular complexity index is 41.5. The smallest absolute Gasteiger partial charge is 0.444 e. The molecular weight excluding hydrogens is 145 g/mol. The van der Waals surface area contributed by atoms with Gasteiger partial charge in [-0.05, 0) is 5.59 Å². The number of nitrogens with two attached hydrogens (primary N) is 1. The van der Waals surface area contributed by atoms with Crippen LogP contribution < -0.4 is 35.2 Å². The number of hydrogen-bond acceptors (Lipinski definition) is 7. The summed E-state index contributed by atoms with van der Waals surface area (Å²) in [5.74, 6) is 0. The molecule has 0 aliphatic rings. The molecule has 0 radical (unpaired) electrons. The van der Waals surface area contributed by atoms with E-state index in [1.165, 1.54) is 0 Å². The van der Waals surface area contributed by atoms with Crippen molar-refractivity contribution in [2.75, 3.05) is 0 Å². The number of nitrogens with zero attached hydrogens (tertiary/aromatic N) is 2. The van der Waals surface area contributed by atoms with E-state index in [9.17, 15) is 0 Å². The fourth-order valence-corrected chi connectivity index (χ4v) is 0. The Morgan fingerprint density at radius 2 is 1.00 bits per heavy atom. The maximum atomic E-state index is 8.00. The molecule has 0 unspecified atom stereocenters. The Morgan fingerprint density at radius 1 is 1.00 bits per heavy atom. The molecule has 0 aromatic heterocycles. The van der Waals surface area contributed by atoms with Crippen LogP contribution in [0.1, 0.15) is 0 Å². The molecule has 0 aromatic carbocycles. The predicted octanol–water partition coefficient (Wildman–Crippen LogP) is -3.98. The Kier molecular flexibility index (Phi) is 408. The van der Waals surface area contributed by atoms with Gasteiger partial charge in [-0.1, -0.05) is 0 Å². The maximum absolute atomic E-state index is 8.00. The van der Waals surface area contributed by atoms with Crippen LogP contribution in [-0.4, -0.2) is 0 Å². The van der Waals surface area contributed by atoms with Crippen LogP contribution in [-0.2, 0) is 0 Å². The van der Waals surface area contributed by atoms with Crippen LogP contribution in [0.4, 0.5) is 0 Å². The van der Waals surface area contributed by atoms with Gasteiger partial charge in [-0.3, -0.25) is 0 Å². The predicted molar refractivity (Wildman–Crippen MR) is 23.6 cm³/mol. The average Bonchev–Trinajstić information content (AvgIpc) is 1.75. The molecule has 0 saturated heterocycles. The molecule has 2 N–H and O–H groups in total. The van der Waals surface area contributed by atoms with E-state index in [-0.39, 0.29) is 29.6 Å². The van der Waals surface area contributed by atoms with Crippen molar-refractivity contribution in [2.24, 2.45) is 10.7 Å². The summed E-state index contributed by atoms with van der Waals surface area (Å²) in [6.45, 7) is 0. The van der Waals surface area contributed by atoms with Crippen molar-refractivity contribution in [2.45, 2.75) is 0 Å². The van der Waals surface area contributed by atoms with Crippen molar-refractivity contribution in [3.8, 4) is 0 Å². The zero-order chi connectivity index (χ0) is 7.41. The minimum Gasteiger partial charge on any atom is -0.444 e. The van der Waals surface area contributed by atoms with Crippen molar-refractivity contribution in [1.29, 1.82) is 0 Å². The van der Waals surface area contributed by atoms with Crippen LogP contribution in [0.3, 0.4) is 0 Å². The van der Waals surface area contributed by atoms with E-state index < -0.39 is 0 Å². The van der Waals surface area contributed by atoms with Gasteiger partial charge in [0.15, 0.2) is 0 Å². The Morgan fingerprint density at radius 3 is 1.00 bits per heavy atom. The Hall–Kier alpha value is -0.600. The first kappa shape index (κ1) is 23.8. The van der Waals surface area contributed by atoms with E-state index in [0.29, 0.717) is 0 Å². The topological polar surface area (TPSA) is 148 Å². The van der Waals surface area contributed by atoms with Gasteiger partial charge in [-0.15, -0.1) is 10.7 Å². The SMILES string of the molecule is O=N[O-].O=N[O-].[NH2+]=O.[Na+]. The van der Waals surface area contributed by atoms with Crippen LogP contribution in [0.15, 0.2) is 10.7 Å². The van der Waals surface area contributed by atoms with Gasteiger partial charge in [0.1, 0.15) is 0 Å². The van der Waals surface area contributed by atoms with Crippen molar-refractivity contribution >= 4 is 0 Å². The van der Waals surface area contributed by atoms with Gasteiger partial charge < -0.3 is 20.2 Å². The fourth-order valence-electron chi connectivity index (χ4n) is 0. The minimum absolute atomic E-state index is 0.